The van der Waals surface area contributed by atoms with Gasteiger partial charge in [0.2, 0.25) is 16.0 Å². The molecule has 1 aromatic carbocycles. The SMILES string of the molecule is [2H]c1ccc(C(=O)Cc2ccc(F)c([C@]3(C)CS(=O)(=O)N(C)C(NC(=O)OC(C)(C)C)=N3)c2)nc1. The Balaban J connectivity index is 1.96. The number of sulfonamides is 1. The second-order valence-corrected chi connectivity index (χ2v) is 11.1. The third-order valence-electron chi connectivity index (χ3n) is 5.02. The number of ether oxygens (including phenoxy) is 1. The van der Waals surface area contributed by atoms with Gasteiger partial charge in [0.05, 0.1) is 7.12 Å². The second kappa shape index (κ2) is 9.13. The van der Waals surface area contributed by atoms with Crippen LogP contribution in [0.25, 0.3) is 0 Å². The second-order valence-electron chi connectivity index (χ2n) is 9.12. The number of nitrogens with one attached hydrogen (secondary N) is 1. The Morgan fingerprint density at radius 3 is 2.65 bits per heavy atom. The van der Waals surface area contributed by atoms with Gasteiger partial charge in [-0.1, -0.05) is 12.1 Å². The minimum Gasteiger partial charge on any atom is -0.444 e. The smallest absolute Gasteiger partial charge is 0.414 e. The van der Waals surface area contributed by atoms with E-state index in [9.17, 15) is 22.4 Å². The lowest BCUT2D eigenvalue weighted by molar-refractivity contribution is 0.0558. The minimum atomic E-state index is -3.98. The van der Waals surface area contributed by atoms with Crippen molar-refractivity contribution in [3.63, 3.8) is 0 Å². The van der Waals surface area contributed by atoms with Crippen LogP contribution in [0.5, 0.6) is 0 Å². The van der Waals surface area contributed by atoms with E-state index >= 15 is 0 Å². The normalized spacial score (nSPS) is 20.2. The van der Waals surface area contributed by atoms with Gasteiger partial charge in [0.25, 0.3) is 0 Å². The molecule has 2 heterocycles. The molecule has 0 unspecified atom stereocenters. The molecule has 0 aliphatic carbocycles. The highest BCUT2D eigenvalue weighted by molar-refractivity contribution is 7.89. The number of amides is 1. The molecule has 11 heteroatoms. The first-order chi connectivity index (χ1) is 16.1. The number of rotatable bonds is 4. The molecule has 2 aromatic rings. The van der Waals surface area contributed by atoms with Crippen molar-refractivity contribution in [3.8, 4) is 0 Å². The molecule has 182 valence electrons. The molecule has 1 atom stereocenters. The quantitative estimate of drug-likeness (QED) is 0.657. The van der Waals surface area contributed by atoms with Gasteiger partial charge in [-0.3, -0.25) is 15.1 Å². The third-order valence-corrected chi connectivity index (χ3v) is 6.96. The number of aromatic nitrogens is 1. The molecule has 9 nitrogen and oxygen atoms in total. The van der Waals surface area contributed by atoms with Crippen LogP contribution in [0.2, 0.25) is 0 Å². The summed E-state index contributed by atoms with van der Waals surface area (Å²) in [6, 6.07) is 6.99. The number of carbonyl (C=O) groups is 2. The fourth-order valence-corrected chi connectivity index (χ4v) is 4.89. The van der Waals surface area contributed by atoms with Crippen LogP contribution in [0.15, 0.2) is 47.6 Å². The van der Waals surface area contributed by atoms with Crippen molar-refractivity contribution in [1.29, 1.82) is 0 Å². The van der Waals surface area contributed by atoms with Crippen LogP contribution >= 0.6 is 0 Å². The molecule has 1 aliphatic rings. The zero-order valence-electron chi connectivity index (χ0n) is 20.5. The van der Waals surface area contributed by atoms with Crippen molar-refractivity contribution >= 4 is 27.9 Å². The van der Waals surface area contributed by atoms with E-state index in [1.54, 1.807) is 20.8 Å². The third kappa shape index (κ3) is 5.77. The Morgan fingerprint density at radius 1 is 1.32 bits per heavy atom. The first-order valence-corrected chi connectivity index (χ1v) is 12.0. The van der Waals surface area contributed by atoms with Crippen LogP contribution in [-0.2, 0) is 26.7 Å². The molecule has 34 heavy (non-hydrogen) atoms. The lowest BCUT2D eigenvalue weighted by Gasteiger charge is -2.36. The fraction of sp³-hybridized carbons (Fsp3) is 0.391. The number of Topliss-reactive ketones (excluding diaryl/α,β-unsaturated/α-hetero) is 1. The van der Waals surface area contributed by atoms with E-state index in [0.717, 1.165) is 10.4 Å². The van der Waals surface area contributed by atoms with Crippen molar-refractivity contribution in [3.05, 3.63) is 65.2 Å². The number of ketones is 1. The molecule has 0 fully saturated rings. The Kier molecular flexibility index (Phi) is 6.39. The average molecular weight is 492 g/mol. The van der Waals surface area contributed by atoms with Gasteiger partial charge in [0.15, 0.2) is 5.78 Å². The topological polar surface area (TPSA) is 118 Å². The molecular weight excluding hydrogens is 463 g/mol. The van der Waals surface area contributed by atoms with Crippen LogP contribution in [0.3, 0.4) is 0 Å². The predicted octanol–water partition coefficient (Wildman–Crippen LogP) is 3.02. The molecule has 0 spiro atoms. The number of hydrogen-bond acceptors (Lipinski definition) is 7. The monoisotopic (exact) mass is 491 g/mol. The van der Waals surface area contributed by atoms with Crippen LogP contribution in [0, 0.1) is 5.82 Å². The molecule has 1 N–H and O–H groups in total. The number of nitrogens with zero attached hydrogens (tertiary/aromatic N) is 3. The van der Waals surface area contributed by atoms with Crippen LogP contribution in [0.1, 0.15) is 50.7 Å². The highest BCUT2D eigenvalue weighted by atomic mass is 32.2. The van der Waals surface area contributed by atoms with E-state index in [2.05, 4.69) is 15.3 Å². The molecule has 1 aromatic heterocycles. The van der Waals surface area contributed by atoms with Crippen molar-refractivity contribution < 1.29 is 28.5 Å². The van der Waals surface area contributed by atoms with Crippen molar-refractivity contribution in [2.75, 3.05) is 12.8 Å². The van der Waals surface area contributed by atoms with Gasteiger partial charge >= 0.3 is 6.09 Å². The molecule has 0 bridgehead atoms. The summed E-state index contributed by atoms with van der Waals surface area (Å²) < 4.78 is 54.2. The van der Waals surface area contributed by atoms with Crippen molar-refractivity contribution in [2.24, 2.45) is 4.99 Å². The van der Waals surface area contributed by atoms with E-state index in [0.29, 0.717) is 5.56 Å². The van der Waals surface area contributed by atoms with Gasteiger partial charge in [-0.05, 0) is 57.5 Å². The van der Waals surface area contributed by atoms with Gasteiger partial charge in [-0.2, -0.15) is 0 Å². The summed E-state index contributed by atoms with van der Waals surface area (Å²) in [6.45, 7) is 6.39. The lowest BCUT2D eigenvalue weighted by Crippen LogP contribution is -2.54. The number of benzene rings is 1. The summed E-state index contributed by atoms with van der Waals surface area (Å²) in [5.41, 5.74) is -1.89. The fourth-order valence-electron chi connectivity index (χ4n) is 3.42. The maximum Gasteiger partial charge on any atom is 0.414 e. The van der Waals surface area contributed by atoms with Gasteiger partial charge in [-0.15, -0.1) is 0 Å². The number of pyridine rings is 1. The van der Waals surface area contributed by atoms with E-state index in [1.165, 1.54) is 44.4 Å². The van der Waals surface area contributed by atoms with Gasteiger partial charge in [0, 0.05) is 25.2 Å². The number of carbonyl (C=O) groups excluding carboxylic acids is 2. The summed E-state index contributed by atoms with van der Waals surface area (Å²) in [5, 5.41) is 2.33. The summed E-state index contributed by atoms with van der Waals surface area (Å²) >= 11 is 0. The highest BCUT2D eigenvalue weighted by Gasteiger charge is 2.43. The Hall–Kier alpha value is -3.34. The standard InChI is InChI=1S/C23H27FN4O5S/c1-22(2,3)33-21(30)26-20-27-23(4,14-34(31,32)28(20)5)16-12-15(9-10-17(16)24)13-19(29)18-8-6-7-11-25-18/h6-12H,13-14H2,1-5H3,(H,26,27,30)/t23-/m0/s1/i7D. The van der Waals surface area contributed by atoms with Crippen LogP contribution in [-0.4, -0.2) is 53.9 Å². The van der Waals surface area contributed by atoms with Gasteiger partial charge < -0.3 is 4.74 Å². The Morgan fingerprint density at radius 2 is 2.03 bits per heavy atom. The van der Waals surface area contributed by atoms with E-state index in [-0.39, 0.29) is 35.5 Å². The Labute approximate surface area is 199 Å². The molecule has 0 saturated heterocycles. The van der Waals surface area contributed by atoms with Crippen LogP contribution < -0.4 is 5.32 Å². The molecule has 0 radical (unpaired) electrons. The highest BCUT2D eigenvalue weighted by Crippen LogP contribution is 2.34. The largest absolute Gasteiger partial charge is 0.444 e. The Bertz CT molecular complexity index is 1290. The summed E-state index contributed by atoms with van der Waals surface area (Å²) in [4.78, 5) is 33.2. The first kappa shape index (κ1) is 23.8. The van der Waals surface area contributed by atoms with Crippen molar-refractivity contribution in [1.82, 2.24) is 14.6 Å². The zero-order valence-corrected chi connectivity index (χ0v) is 20.4. The van der Waals surface area contributed by atoms with E-state index < -0.39 is 38.8 Å². The molecular formula is C23H27FN4O5S. The average Bonchev–Trinajstić information content (AvgIpc) is 2.71. The molecule has 3 rings (SSSR count). The summed E-state index contributed by atoms with van der Waals surface area (Å²) in [6.07, 6.45) is 0.225. The lowest BCUT2D eigenvalue weighted by atomic mass is 9.91. The number of alkyl carbamates (subject to hydrolysis) is 1. The van der Waals surface area contributed by atoms with Crippen LogP contribution in [0.4, 0.5) is 9.18 Å². The maximum absolute atomic E-state index is 15.0. The number of hydrogen-bond donors (Lipinski definition) is 1. The number of halogens is 1. The molecule has 1 amide bonds. The number of aliphatic imine (C=N–C) groups is 1. The summed E-state index contributed by atoms with van der Waals surface area (Å²) in [7, 11) is -2.76. The maximum atomic E-state index is 15.0. The minimum absolute atomic E-state index is 0.0440. The van der Waals surface area contributed by atoms with Crippen molar-refractivity contribution in [2.45, 2.75) is 45.3 Å². The zero-order chi connectivity index (χ0) is 26.2. The van der Waals surface area contributed by atoms with E-state index in [4.69, 9.17) is 6.11 Å². The van der Waals surface area contributed by atoms with Gasteiger partial charge in [0.1, 0.15) is 22.7 Å². The first-order valence-electron chi connectivity index (χ1n) is 10.9. The molecule has 0 saturated carbocycles. The molecule has 1 aliphatic heterocycles. The van der Waals surface area contributed by atoms with E-state index in [1.807, 2.05) is 0 Å². The van der Waals surface area contributed by atoms with Gasteiger partial charge in [-0.25, -0.2) is 26.9 Å². The summed E-state index contributed by atoms with van der Waals surface area (Å²) in [5.74, 6) is -1.93. The number of guanidine groups is 1. The predicted molar refractivity (Wildman–Crippen MR) is 124 cm³/mol.